The van der Waals surface area contributed by atoms with E-state index in [1.165, 1.54) is 6.42 Å². The lowest BCUT2D eigenvalue weighted by Crippen LogP contribution is -2.06. The molecule has 0 aliphatic rings. The first-order valence-electron chi connectivity index (χ1n) is 8.77. The van der Waals surface area contributed by atoms with Gasteiger partial charge in [0, 0.05) is 26.4 Å². The van der Waals surface area contributed by atoms with Crippen molar-refractivity contribution in [2.45, 2.75) is 67.2 Å². The molecular formula is C18H40O3. The Balaban J connectivity index is 0. The fourth-order valence-corrected chi connectivity index (χ4v) is 1.35. The zero-order chi connectivity index (χ0) is 16.3. The topological polar surface area (TPSA) is 27.7 Å². The molecule has 21 heavy (non-hydrogen) atoms. The van der Waals surface area contributed by atoms with Crippen molar-refractivity contribution < 1.29 is 14.2 Å². The minimum absolute atomic E-state index is 0.738. The van der Waals surface area contributed by atoms with E-state index in [0.29, 0.717) is 0 Å². The maximum absolute atomic E-state index is 5.37. The highest BCUT2D eigenvalue weighted by molar-refractivity contribution is 4.42. The van der Waals surface area contributed by atoms with Gasteiger partial charge < -0.3 is 14.2 Å². The zero-order valence-corrected chi connectivity index (χ0v) is 15.5. The molecule has 0 saturated heterocycles. The van der Waals surface area contributed by atoms with Crippen LogP contribution in [-0.2, 0) is 14.2 Å². The molecule has 0 aliphatic carbocycles. The molecule has 0 rings (SSSR count). The summed E-state index contributed by atoms with van der Waals surface area (Å²) >= 11 is 0. The van der Waals surface area contributed by atoms with Gasteiger partial charge in [0.25, 0.3) is 0 Å². The average molecular weight is 305 g/mol. The fraction of sp³-hybridized carbons (Fsp3) is 1.00. The van der Waals surface area contributed by atoms with E-state index in [4.69, 9.17) is 14.2 Å². The summed E-state index contributed by atoms with van der Waals surface area (Å²) in [6.45, 7) is 18.2. The highest BCUT2D eigenvalue weighted by Gasteiger charge is 1.93. The van der Waals surface area contributed by atoms with Gasteiger partial charge in [-0.1, -0.05) is 41.5 Å². The lowest BCUT2D eigenvalue weighted by Gasteiger charge is -2.06. The first kappa shape index (κ1) is 23.2. The van der Waals surface area contributed by atoms with E-state index in [1.54, 1.807) is 0 Å². The van der Waals surface area contributed by atoms with Gasteiger partial charge in [-0.25, -0.2) is 0 Å². The molecule has 0 heterocycles. The van der Waals surface area contributed by atoms with Crippen LogP contribution in [0.1, 0.15) is 67.2 Å². The minimum Gasteiger partial charge on any atom is -0.381 e. The molecule has 0 radical (unpaired) electrons. The second kappa shape index (κ2) is 19.9. The predicted octanol–water partition coefficient (Wildman–Crippen LogP) is 4.93. The molecule has 0 aromatic heterocycles. The van der Waals surface area contributed by atoms with E-state index in [0.717, 1.165) is 70.7 Å². The van der Waals surface area contributed by atoms with Crippen molar-refractivity contribution in [3.63, 3.8) is 0 Å². The second-order valence-corrected chi connectivity index (χ2v) is 6.20. The van der Waals surface area contributed by atoms with Crippen LogP contribution in [0, 0.1) is 11.8 Å². The average Bonchev–Trinajstić information content (AvgIpc) is 2.43. The van der Waals surface area contributed by atoms with Gasteiger partial charge in [-0.15, -0.1) is 0 Å². The van der Waals surface area contributed by atoms with Gasteiger partial charge in [-0.05, 0) is 37.5 Å². The molecular weight excluding hydrogens is 264 g/mol. The first-order chi connectivity index (χ1) is 10.0. The third-order valence-corrected chi connectivity index (χ3v) is 2.75. The standard InChI is InChI=1S/C10H22O2.C8H18O/c1-4-6-11-8-9-12-7-5-10(2)3;1-4-6-9-7-5-8(2)3/h10H,4-9H2,1-3H3;8H,4-7H2,1-3H3. The summed E-state index contributed by atoms with van der Waals surface area (Å²) in [7, 11) is 0. The number of hydrogen-bond acceptors (Lipinski definition) is 3. The third kappa shape index (κ3) is 28.7. The molecule has 0 spiro atoms. The van der Waals surface area contributed by atoms with Gasteiger partial charge in [0.05, 0.1) is 13.2 Å². The van der Waals surface area contributed by atoms with Crippen LogP contribution in [0.4, 0.5) is 0 Å². The number of rotatable bonds is 13. The number of hydrogen-bond donors (Lipinski definition) is 0. The molecule has 0 aromatic rings. The van der Waals surface area contributed by atoms with Crippen LogP contribution in [0.3, 0.4) is 0 Å². The van der Waals surface area contributed by atoms with Crippen LogP contribution in [0.15, 0.2) is 0 Å². The lowest BCUT2D eigenvalue weighted by atomic mass is 10.1. The highest BCUT2D eigenvalue weighted by atomic mass is 16.5. The van der Waals surface area contributed by atoms with Crippen molar-refractivity contribution in [2.75, 3.05) is 39.6 Å². The summed E-state index contributed by atoms with van der Waals surface area (Å²) in [5.74, 6) is 1.52. The van der Waals surface area contributed by atoms with E-state index < -0.39 is 0 Å². The maximum Gasteiger partial charge on any atom is 0.0700 e. The van der Waals surface area contributed by atoms with Gasteiger partial charge in [0.15, 0.2) is 0 Å². The Labute approximate surface area is 133 Å². The quantitative estimate of drug-likeness (QED) is 0.451. The van der Waals surface area contributed by atoms with Crippen molar-refractivity contribution in [1.82, 2.24) is 0 Å². The van der Waals surface area contributed by atoms with Crippen molar-refractivity contribution >= 4 is 0 Å². The first-order valence-corrected chi connectivity index (χ1v) is 8.77. The Morgan fingerprint density at radius 1 is 0.524 bits per heavy atom. The van der Waals surface area contributed by atoms with Crippen LogP contribution >= 0.6 is 0 Å². The molecule has 0 fully saturated rings. The summed E-state index contributed by atoms with van der Waals surface area (Å²) in [5, 5.41) is 0. The Bertz CT molecular complexity index is 170. The number of ether oxygens (including phenoxy) is 3. The molecule has 130 valence electrons. The predicted molar refractivity (Wildman–Crippen MR) is 91.9 cm³/mol. The maximum atomic E-state index is 5.37. The van der Waals surface area contributed by atoms with Gasteiger partial charge in [-0.3, -0.25) is 0 Å². The minimum atomic E-state index is 0.738. The lowest BCUT2D eigenvalue weighted by molar-refractivity contribution is 0.0442. The molecule has 0 unspecified atom stereocenters. The van der Waals surface area contributed by atoms with E-state index in [2.05, 4.69) is 41.5 Å². The van der Waals surface area contributed by atoms with E-state index in [9.17, 15) is 0 Å². The van der Waals surface area contributed by atoms with Gasteiger partial charge in [0.1, 0.15) is 0 Å². The van der Waals surface area contributed by atoms with Crippen LogP contribution in [0.5, 0.6) is 0 Å². The summed E-state index contributed by atoms with van der Waals surface area (Å²) < 4.78 is 15.9. The van der Waals surface area contributed by atoms with Crippen molar-refractivity contribution in [3.8, 4) is 0 Å². The van der Waals surface area contributed by atoms with E-state index in [-0.39, 0.29) is 0 Å². The molecule has 0 bridgehead atoms. The summed E-state index contributed by atoms with van der Waals surface area (Å²) in [4.78, 5) is 0. The third-order valence-electron chi connectivity index (χ3n) is 2.75. The summed E-state index contributed by atoms with van der Waals surface area (Å²) in [5.41, 5.74) is 0. The van der Waals surface area contributed by atoms with Crippen LogP contribution < -0.4 is 0 Å². The van der Waals surface area contributed by atoms with E-state index >= 15 is 0 Å². The van der Waals surface area contributed by atoms with Crippen LogP contribution in [0.2, 0.25) is 0 Å². The van der Waals surface area contributed by atoms with E-state index in [1.807, 2.05) is 0 Å². The van der Waals surface area contributed by atoms with Crippen LogP contribution in [-0.4, -0.2) is 39.6 Å². The van der Waals surface area contributed by atoms with Gasteiger partial charge in [0.2, 0.25) is 0 Å². The second-order valence-electron chi connectivity index (χ2n) is 6.20. The SMILES string of the molecule is CCCOCCC(C)C.CCCOCCOCCC(C)C. The molecule has 3 heteroatoms. The Morgan fingerprint density at radius 2 is 0.857 bits per heavy atom. The summed E-state index contributed by atoms with van der Waals surface area (Å²) in [6.07, 6.45) is 4.57. The normalized spacial score (nSPS) is 10.9. The summed E-state index contributed by atoms with van der Waals surface area (Å²) in [6, 6.07) is 0. The molecule has 0 amide bonds. The molecule has 0 N–H and O–H groups in total. The largest absolute Gasteiger partial charge is 0.381 e. The highest BCUT2D eigenvalue weighted by Crippen LogP contribution is 1.99. The Kier molecular flexibility index (Phi) is 21.9. The van der Waals surface area contributed by atoms with Gasteiger partial charge >= 0.3 is 0 Å². The molecule has 0 aromatic carbocycles. The molecule has 3 nitrogen and oxygen atoms in total. The smallest absolute Gasteiger partial charge is 0.0700 e. The van der Waals surface area contributed by atoms with Gasteiger partial charge in [-0.2, -0.15) is 0 Å². The molecule has 0 saturated carbocycles. The van der Waals surface area contributed by atoms with Crippen molar-refractivity contribution in [3.05, 3.63) is 0 Å². The van der Waals surface area contributed by atoms with Crippen molar-refractivity contribution in [2.24, 2.45) is 11.8 Å². The monoisotopic (exact) mass is 304 g/mol. The Hall–Kier alpha value is -0.120. The molecule has 0 aliphatic heterocycles. The molecule has 0 atom stereocenters. The zero-order valence-electron chi connectivity index (χ0n) is 15.5. The Morgan fingerprint density at radius 3 is 1.19 bits per heavy atom. The fourth-order valence-electron chi connectivity index (χ4n) is 1.35. The van der Waals surface area contributed by atoms with Crippen molar-refractivity contribution in [1.29, 1.82) is 0 Å². The van der Waals surface area contributed by atoms with Crippen LogP contribution in [0.25, 0.3) is 0 Å².